The number of hydrogen-bond acceptors (Lipinski definition) is 6. The highest BCUT2D eigenvalue weighted by Gasteiger charge is 2.47. The summed E-state index contributed by atoms with van der Waals surface area (Å²) in [5.41, 5.74) is 1.70. The lowest BCUT2D eigenvalue weighted by Crippen LogP contribution is -2.44. The molecule has 130 valence electrons. The van der Waals surface area contributed by atoms with Gasteiger partial charge in [-0.3, -0.25) is 4.79 Å². The second-order valence-electron chi connectivity index (χ2n) is 6.39. The van der Waals surface area contributed by atoms with Crippen LogP contribution < -0.4 is 10.2 Å². The molecule has 24 heavy (non-hydrogen) atoms. The zero-order valence-corrected chi connectivity index (χ0v) is 13.4. The number of aliphatic hydroxyl groups is 1. The van der Waals surface area contributed by atoms with Crippen molar-refractivity contribution in [1.29, 1.82) is 0 Å². The summed E-state index contributed by atoms with van der Waals surface area (Å²) >= 11 is 0. The van der Waals surface area contributed by atoms with Crippen molar-refractivity contribution >= 4 is 11.6 Å². The average Bonchev–Trinajstić information content (AvgIpc) is 3.19. The highest BCUT2D eigenvalue weighted by atomic mass is 16.6. The normalized spacial score (nSPS) is 32.6. The lowest BCUT2D eigenvalue weighted by molar-refractivity contribution is 0.0178. The van der Waals surface area contributed by atoms with Crippen LogP contribution in [-0.4, -0.2) is 74.9 Å². The van der Waals surface area contributed by atoms with Gasteiger partial charge >= 0.3 is 0 Å². The molecular weight excluding hydrogens is 312 g/mol. The standard InChI is InChI=1S/C17H22N2O5/c20-14-10-24-15-13(9-23-16(14)15)18-17(21)11-1-3-12(4-2-11)19-5-7-22-8-6-19/h1-4,13-16,20H,5-10H2,(H,18,21)/t13-,14+,15+,16+/m0/s1. The molecule has 4 atom stereocenters. The van der Waals surface area contributed by atoms with E-state index in [2.05, 4.69) is 10.2 Å². The average molecular weight is 334 g/mol. The van der Waals surface area contributed by atoms with Crippen molar-refractivity contribution in [2.75, 3.05) is 44.4 Å². The Morgan fingerprint density at radius 3 is 2.54 bits per heavy atom. The van der Waals surface area contributed by atoms with Gasteiger partial charge in [0.2, 0.25) is 0 Å². The third kappa shape index (κ3) is 3.00. The van der Waals surface area contributed by atoms with Crippen LogP contribution in [0.1, 0.15) is 10.4 Å². The van der Waals surface area contributed by atoms with Crippen LogP contribution in [0.15, 0.2) is 24.3 Å². The van der Waals surface area contributed by atoms with Gasteiger partial charge in [-0.1, -0.05) is 0 Å². The first-order valence-electron chi connectivity index (χ1n) is 8.37. The largest absolute Gasteiger partial charge is 0.388 e. The smallest absolute Gasteiger partial charge is 0.251 e. The van der Waals surface area contributed by atoms with Gasteiger partial charge in [0.1, 0.15) is 18.3 Å². The van der Waals surface area contributed by atoms with Crippen LogP contribution in [0, 0.1) is 0 Å². The number of morpholine rings is 1. The first kappa shape index (κ1) is 15.8. The quantitative estimate of drug-likeness (QED) is 0.796. The van der Waals surface area contributed by atoms with Crippen molar-refractivity contribution in [3.63, 3.8) is 0 Å². The number of rotatable bonds is 3. The number of carbonyl (C=O) groups is 1. The molecule has 3 saturated heterocycles. The maximum absolute atomic E-state index is 12.4. The zero-order chi connectivity index (χ0) is 16.5. The molecule has 7 nitrogen and oxygen atoms in total. The molecule has 7 heteroatoms. The first-order chi connectivity index (χ1) is 11.7. The lowest BCUT2D eigenvalue weighted by Gasteiger charge is -2.28. The predicted molar refractivity (Wildman–Crippen MR) is 86.2 cm³/mol. The number of nitrogens with one attached hydrogen (secondary N) is 1. The van der Waals surface area contributed by atoms with Gasteiger partial charge in [0.15, 0.2) is 0 Å². The molecule has 3 heterocycles. The molecule has 1 amide bonds. The molecule has 1 aromatic carbocycles. The van der Waals surface area contributed by atoms with E-state index in [-0.39, 0.29) is 30.8 Å². The van der Waals surface area contributed by atoms with Crippen LogP contribution in [0.4, 0.5) is 5.69 Å². The van der Waals surface area contributed by atoms with Crippen molar-refractivity contribution in [3.8, 4) is 0 Å². The number of benzene rings is 1. The van der Waals surface area contributed by atoms with E-state index in [0.29, 0.717) is 12.2 Å². The molecule has 2 N–H and O–H groups in total. The summed E-state index contributed by atoms with van der Waals surface area (Å²) < 4.78 is 16.4. The second kappa shape index (κ2) is 6.68. The number of ether oxygens (including phenoxy) is 3. The third-order valence-corrected chi connectivity index (χ3v) is 4.85. The molecule has 0 spiro atoms. The van der Waals surface area contributed by atoms with E-state index >= 15 is 0 Å². The summed E-state index contributed by atoms with van der Waals surface area (Å²) in [6.07, 6.45) is -1.21. The highest BCUT2D eigenvalue weighted by molar-refractivity contribution is 5.94. The molecule has 0 unspecified atom stereocenters. The van der Waals surface area contributed by atoms with Crippen LogP contribution in [-0.2, 0) is 14.2 Å². The van der Waals surface area contributed by atoms with E-state index < -0.39 is 6.10 Å². The Kier molecular flexibility index (Phi) is 4.41. The van der Waals surface area contributed by atoms with E-state index in [1.54, 1.807) is 0 Å². The summed E-state index contributed by atoms with van der Waals surface area (Å²) in [7, 11) is 0. The van der Waals surface area contributed by atoms with Crippen molar-refractivity contribution in [1.82, 2.24) is 5.32 Å². The second-order valence-corrected chi connectivity index (χ2v) is 6.39. The minimum Gasteiger partial charge on any atom is -0.388 e. The number of anilines is 1. The van der Waals surface area contributed by atoms with Gasteiger partial charge < -0.3 is 29.5 Å². The third-order valence-electron chi connectivity index (χ3n) is 4.85. The molecular formula is C17H22N2O5. The molecule has 3 fully saturated rings. The molecule has 0 aliphatic carbocycles. The topological polar surface area (TPSA) is 80.3 Å². The fraction of sp³-hybridized carbons (Fsp3) is 0.588. The van der Waals surface area contributed by atoms with Crippen molar-refractivity contribution in [2.24, 2.45) is 0 Å². The fourth-order valence-corrected chi connectivity index (χ4v) is 3.50. The van der Waals surface area contributed by atoms with Gasteiger partial charge in [0.25, 0.3) is 5.91 Å². The Morgan fingerprint density at radius 1 is 1.08 bits per heavy atom. The maximum Gasteiger partial charge on any atom is 0.251 e. The molecule has 3 aliphatic heterocycles. The number of nitrogens with zero attached hydrogens (tertiary/aromatic N) is 1. The van der Waals surface area contributed by atoms with Crippen molar-refractivity contribution < 1.29 is 24.1 Å². The summed E-state index contributed by atoms with van der Waals surface area (Å²) in [5, 5.41) is 12.7. The molecule has 1 aromatic rings. The number of aliphatic hydroxyl groups excluding tert-OH is 1. The summed E-state index contributed by atoms with van der Waals surface area (Å²) in [4.78, 5) is 14.7. The summed E-state index contributed by atoms with van der Waals surface area (Å²) in [6, 6.07) is 7.36. The van der Waals surface area contributed by atoms with E-state index in [9.17, 15) is 9.90 Å². The van der Waals surface area contributed by atoms with Crippen LogP contribution in [0.5, 0.6) is 0 Å². The van der Waals surface area contributed by atoms with Crippen molar-refractivity contribution in [2.45, 2.75) is 24.4 Å². The molecule has 0 radical (unpaired) electrons. The minimum atomic E-state index is -0.607. The van der Waals surface area contributed by atoms with Gasteiger partial charge in [-0.15, -0.1) is 0 Å². The number of carbonyl (C=O) groups excluding carboxylic acids is 1. The van der Waals surface area contributed by atoms with Gasteiger partial charge in [0, 0.05) is 24.3 Å². The van der Waals surface area contributed by atoms with Gasteiger partial charge in [-0.05, 0) is 24.3 Å². The first-order valence-corrected chi connectivity index (χ1v) is 8.37. The molecule has 0 bridgehead atoms. The Morgan fingerprint density at radius 2 is 1.79 bits per heavy atom. The molecule has 0 saturated carbocycles. The SMILES string of the molecule is O=C(N[C@H]1CO[C@H]2[C@@H]1OC[C@H]2O)c1ccc(N2CCOCC2)cc1. The zero-order valence-electron chi connectivity index (χ0n) is 13.4. The molecule has 3 aliphatic rings. The van der Waals surface area contributed by atoms with Gasteiger partial charge in [-0.2, -0.15) is 0 Å². The Bertz CT molecular complexity index is 587. The minimum absolute atomic E-state index is 0.150. The Balaban J connectivity index is 1.38. The van der Waals surface area contributed by atoms with Gasteiger partial charge in [0.05, 0.1) is 32.5 Å². The van der Waals surface area contributed by atoms with E-state index in [0.717, 1.165) is 32.0 Å². The predicted octanol–water partition coefficient (Wildman–Crippen LogP) is -0.220. The Labute approximate surface area is 140 Å². The lowest BCUT2D eigenvalue weighted by atomic mass is 10.1. The molecule has 0 aromatic heterocycles. The van der Waals surface area contributed by atoms with Crippen molar-refractivity contribution in [3.05, 3.63) is 29.8 Å². The van der Waals surface area contributed by atoms with Crippen LogP contribution in [0.3, 0.4) is 0 Å². The van der Waals surface area contributed by atoms with E-state index in [4.69, 9.17) is 14.2 Å². The Hall–Kier alpha value is -1.67. The van der Waals surface area contributed by atoms with Crippen LogP contribution in [0.2, 0.25) is 0 Å². The summed E-state index contributed by atoms with van der Waals surface area (Å²) in [6.45, 7) is 3.83. The monoisotopic (exact) mass is 334 g/mol. The maximum atomic E-state index is 12.4. The van der Waals surface area contributed by atoms with Crippen LogP contribution >= 0.6 is 0 Å². The fourth-order valence-electron chi connectivity index (χ4n) is 3.50. The number of fused-ring (bicyclic) bond motifs is 1. The summed E-state index contributed by atoms with van der Waals surface area (Å²) in [5.74, 6) is -0.150. The van der Waals surface area contributed by atoms with Gasteiger partial charge in [-0.25, -0.2) is 0 Å². The highest BCUT2D eigenvalue weighted by Crippen LogP contribution is 2.27. The number of hydrogen-bond donors (Lipinski definition) is 2. The number of amides is 1. The van der Waals surface area contributed by atoms with E-state index in [1.807, 2.05) is 24.3 Å². The van der Waals surface area contributed by atoms with Crippen LogP contribution in [0.25, 0.3) is 0 Å². The van der Waals surface area contributed by atoms with E-state index in [1.165, 1.54) is 0 Å². The molecule has 4 rings (SSSR count).